The summed E-state index contributed by atoms with van der Waals surface area (Å²) in [4.78, 5) is 18.0. The fourth-order valence-corrected chi connectivity index (χ4v) is 3.31. The summed E-state index contributed by atoms with van der Waals surface area (Å²) >= 11 is 1.71. The first-order valence-corrected chi connectivity index (χ1v) is 8.63. The average molecular weight is 320 g/mol. The highest BCUT2D eigenvalue weighted by molar-refractivity contribution is 7.18. The molecule has 0 aliphatic rings. The summed E-state index contributed by atoms with van der Waals surface area (Å²) in [5.74, 6) is 0.0947. The van der Waals surface area contributed by atoms with Crippen molar-refractivity contribution in [2.24, 2.45) is 0 Å². The van der Waals surface area contributed by atoms with Crippen molar-refractivity contribution in [3.8, 4) is 0 Å². The van der Waals surface area contributed by atoms with Crippen molar-refractivity contribution in [2.45, 2.75) is 45.7 Å². The van der Waals surface area contributed by atoms with Crippen LogP contribution in [-0.2, 0) is 4.79 Å². The van der Waals surface area contributed by atoms with E-state index < -0.39 is 0 Å². The van der Waals surface area contributed by atoms with Crippen LogP contribution in [0.25, 0.3) is 10.2 Å². The van der Waals surface area contributed by atoms with Gasteiger partial charge in [0.05, 0.1) is 17.3 Å². The largest absolute Gasteiger partial charge is 0.346 e. The molecule has 1 heterocycles. The van der Waals surface area contributed by atoms with Crippen LogP contribution in [0.2, 0.25) is 0 Å². The van der Waals surface area contributed by atoms with Gasteiger partial charge in [-0.1, -0.05) is 19.1 Å². The first kappa shape index (κ1) is 16.9. The maximum absolute atomic E-state index is 12.2. The van der Waals surface area contributed by atoms with Crippen molar-refractivity contribution in [2.75, 3.05) is 13.6 Å². The molecule has 5 heteroatoms. The number of hydrogen-bond acceptors (Lipinski definition) is 3. The van der Waals surface area contributed by atoms with E-state index in [1.165, 1.54) is 4.70 Å². The summed E-state index contributed by atoms with van der Waals surface area (Å²) in [6.07, 6.45) is 0.922. The van der Waals surface area contributed by atoms with Crippen LogP contribution in [-0.4, -0.2) is 30.0 Å². The Balaban J connectivity index is 2.02. The number of nitrogens with zero attached hydrogens (tertiary/aromatic N) is 1. The molecule has 0 saturated carbocycles. The molecule has 120 valence electrons. The number of aromatic nitrogens is 1. The number of thiazole rings is 1. The van der Waals surface area contributed by atoms with Gasteiger partial charge in [0.2, 0.25) is 0 Å². The molecule has 0 fully saturated rings. The molecule has 1 amide bonds. The van der Waals surface area contributed by atoms with Gasteiger partial charge in [0, 0.05) is 5.54 Å². The van der Waals surface area contributed by atoms with Gasteiger partial charge in [-0.15, -0.1) is 11.3 Å². The fourth-order valence-electron chi connectivity index (χ4n) is 2.20. The Hall–Kier alpha value is -1.46. The summed E-state index contributed by atoms with van der Waals surface area (Å²) in [7, 11) is 2.05. The van der Waals surface area contributed by atoms with E-state index in [0.717, 1.165) is 21.8 Å². The standard InChI is InChI=1S/C17H25N3OS/c1-6-17(3,4)19-15(21)11-20(5)12(2)16-18-13-9-7-8-10-14(13)22-16/h7-10,12H,6,11H2,1-5H3,(H,19,21)/p+1/t12-/m0/s1. The summed E-state index contributed by atoms with van der Waals surface area (Å²) in [6, 6.07) is 8.37. The highest BCUT2D eigenvalue weighted by Gasteiger charge is 2.24. The van der Waals surface area contributed by atoms with Crippen LogP contribution >= 0.6 is 11.3 Å². The molecule has 0 bridgehead atoms. The van der Waals surface area contributed by atoms with Gasteiger partial charge in [-0.25, -0.2) is 4.98 Å². The molecule has 1 aromatic carbocycles. The molecule has 4 nitrogen and oxygen atoms in total. The molecule has 1 aromatic heterocycles. The van der Waals surface area contributed by atoms with Crippen LogP contribution in [0.15, 0.2) is 24.3 Å². The molecule has 22 heavy (non-hydrogen) atoms. The van der Waals surface area contributed by atoms with Crippen LogP contribution in [0.5, 0.6) is 0 Å². The van der Waals surface area contributed by atoms with Gasteiger partial charge in [0.25, 0.3) is 5.91 Å². The molecule has 2 rings (SSSR count). The van der Waals surface area contributed by atoms with Gasteiger partial charge in [-0.05, 0) is 39.3 Å². The normalized spacial score (nSPS) is 14.8. The number of amides is 1. The summed E-state index contributed by atoms with van der Waals surface area (Å²) in [5, 5.41) is 4.18. The third-order valence-corrected chi connectivity index (χ3v) is 5.44. The Morgan fingerprint density at radius 1 is 1.41 bits per heavy atom. The number of rotatable bonds is 6. The lowest BCUT2D eigenvalue weighted by Crippen LogP contribution is -3.10. The minimum absolute atomic E-state index is 0.0947. The number of carbonyl (C=O) groups excluding carboxylic acids is 1. The zero-order chi connectivity index (χ0) is 16.3. The summed E-state index contributed by atoms with van der Waals surface area (Å²) in [5.41, 5.74) is 0.898. The molecule has 1 unspecified atom stereocenters. The van der Waals surface area contributed by atoms with Crippen molar-refractivity contribution in [3.05, 3.63) is 29.3 Å². The smallest absolute Gasteiger partial charge is 0.275 e. The number of carbonyl (C=O) groups is 1. The van der Waals surface area contributed by atoms with Gasteiger partial charge < -0.3 is 10.2 Å². The molecule has 0 aliphatic heterocycles. The second-order valence-corrected chi connectivity index (χ2v) is 7.61. The Morgan fingerprint density at radius 3 is 2.73 bits per heavy atom. The average Bonchev–Trinajstić information content (AvgIpc) is 2.89. The van der Waals surface area contributed by atoms with Crippen LogP contribution in [0, 0.1) is 0 Å². The second-order valence-electron chi connectivity index (χ2n) is 6.55. The predicted octanol–water partition coefficient (Wildman–Crippen LogP) is 2.18. The molecule has 0 spiro atoms. The monoisotopic (exact) mass is 320 g/mol. The number of likely N-dealkylation sites (N-methyl/N-ethyl adjacent to an activating group) is 1. The first-order valence-electron chi connectivity index (χ1n) is 7.81. The number of hydrogen-bond donors (Lipinski definition) is 2. The lowest BCUT2D eigenvalue weighted by Gasteiger charge is -2.26. The van der Waals surface area contributed by atoms with Crippen LogP contribution in [0.3, 0.4) is 0 Å². The van der Waals surface area contributed by atoms with Crippen LogP contribution in [0.1, 0.15) is 45.2 Å². The molecule has 2 N–H and O–H groups in total. The van der Waals surface area contributed by atoms with Gasteiger partial charge in [-0.2, -0.15) is 0 Å². The van der Waals surface area contributed by atoms with E-state index in [4.69, 9.17) is 4.98 Å². The van der Waals surface area contributed by atoms with Crippen molar-refractivity contribution < 1.29 is 9.69 Å². The van der Waals surface area contributed by atoms with E-state index >= 15 is 0 Å². The van der Waals surface area contributed by atoms with Crippen molar-refractivity contribution >= 4 is 27.5 Å². The number of benzene rings is 1. The highest BCUT2D eigenvalue weighted by Crippen LogP contribution is 2.24. The number of quaternary nitrogens is 1. The minimum atomic E-state index is -0.142. The van der Waals surface area contributed by atoms with E-state index in [-0.39, 0.29) is 17.5 Å². The molecule has 0 saturated heterocycles. The number of fused-ring (bicyclic) bond motifs is 1. The molecular weight excluding hydrogens is 294 g/mol. The Bertz CT molecular complexity index is 617. The molecule has 0 radical (unpaired) electrons. The maximum atomic E-state index is 12.2. The summed E-state index contributed by atoms with van der Waals surface area (Å²) < 4.78 is 1.20. The highest BCUT2D eigenvalue weighted by atomic mass is 32.1. The van der Waals surface area contributed by atoms with E-state index in [2.05, 4.69) is 46.1 Å². The maximum Gasteiger partial charge on any atom is 0.275 e. The van der Waals surface area contributed by atoms with E-state index in [1.807, 2.05) is 18.2 Å². The van der Waals surface area contributed by atoms with Crippen LogP contribution in [0.4, 0.5) is 0 Å². The topological polar surface area (TPSA) is 46.4 Å². The summed E-state index contributed by atoms with van der Waals surface area (Å²) in [6.45, 7) is 8.78. The lowest BCUT2D eigenvalue weighted by molar-refractivity contribution is -0.902. The SMILES string of the molecule is CCC(C)(C)NC(=O)C[NH+](C)[C@@H](C)c1nc2ccccc2s1. The van der Waals surface area contributed by atoms with Crippen molar-refractivity contribution in [1.82, 2.24) is 10.3 Å². The van der Waals surface area contributed by atoms with Gasteiger partial charge >= 0.3 is 0 Å². The predicted molar refractivity (Wildman–Crippen MR) is 92.3 cm³/mol. The number of nitrogens with one attached hydrogen (secondary N) is 2. The zero-order valence-corrected chi connectivity index (χ0v) is 14.9. The van der Waals surface area contributed by atoms with Gasteiger partial charge in [0.1, 0.15) is 6.04 Å². The molecule has 2 atom stereocenters. The first-order chi connectivity index (χ1) is 10.3. The Labute approximate surface area is 136 Å². The fraction of sp³-hybridized carbons (Fsp3) is 0.529. The van der Waals surface area contributed by atoms with E-state index in [0.29, 0.717) is 6.54 Å². The third-order valence-electron chi connectivity index (χ3n) is 4.22. The molecule has 2 aromatic rings. The van der Waals surface area contributed by atoms with Gasteiger partial charge in [0.15, 0.2) is 11.6 Å². The van der Waals surface area contributed by atoms with E-state index in [9.17, 15) is 4.79 Å². The minimum Gasteiger partial charge on any atom is -0.346 e. The van der Waals surface area contributed by atoms with Crippen molar-refractivity contribution in [1.29, 1.82) is 0 Å². The van der Waals surface area contributed by atoms with Crippen LogP contribution < -0.4 is 10.2 Å². The van der Waals surface area contributed by atoms with Crippen molar-refractivity contribution in [3.63, 3.8) is 0 Å². The Morgan fingerprint density at radius 2 is 2.09 bits per heavy atom. The van der Waals surface area contributed by atoms with E-state index in [1.54, 1.807) is 11.3 Å². The third kappa shape index (κ3) is 4.05. The Kier molecular flexibility index (Phi) is 5.19. The molecular formula is C17H26N3OS+. The van der Waals surface area contributed by atoms with Gasteiger partial charge in [-0.3, -0.25) is 4.79 Å². The molecule has 0 aliphatic carbocycles. The number of para-hydroxylation sites is 1. The second kappa shape index (κ2) is 6.75. The lowest BCUT2D eigenvalue weighted by atomic mass is 10.0. The quantitative estimate of drug-likeness (QED) is 0.857. The zero-order valence-electron chi connectivity index (χ0n) is 14.1.